The maximum atomic E-state index is 10.9. The maximum absolute atomic E-state index is 10.9. The number of nitrogens with two attached hydrogens (primary N) is 1. The van der Waals surface area contributed by atoms with Crippen LogP contribution >= 0.6 is 0 Å². The van der Waals surface area contributed by atoms with Gasteiger partial charge >= 0.3 is 5.69 Å². The number of nitrogen functional groups attached to an aromatic ring is 1. The Bertz CT molecular complexity index is 342. The first kappa shape index (κ1) is 7.27. The van der Waals surface area contributed by atoms with Crippen LogP contribution in [0.15, 0.2) is 4.79 Å². The summed E-state index contributed by atoms with van der Waals surface area (Å²) in [5.74, 6) is 1.16. The van der Waals surface area contributed by atoms with Crippen molar-refractivity contribution in [3.8, 4) is 0 Å². The number of anilines is 1. The summed E-state index contributed by atoms with van der Waals surface area (Å²) in [5, 5.41) is 0. The van der Waals surface area contributed by atoms with E-state index < -0.39 is 5.69 Å². The fraction of sp³-hybridized carbons (Fsp3) is 0.571. The van der Waals surface area contributed by atoms with Crippen molar-refractivity contribution in [2.75, 3.05) is 5.73 Å². The van der Waals surface area contributed by atoms with Crippen LogP contribution in [0.1, 0.15) is 31.0 Å². The van der Waals surface area contributed by atoms with E-state index in [1.165, 1.54) is 6.42 Å². The van der Waals surface area contributed by atoms with Crippen LogP contribution < -0.4 is 11.4 Å². The lowest BCUT2D eigenvalue weighted by molar-refractivity contribution is 0.399. The average Bonchev–Trinajstić information content (AvgIpc) is 1.79. The molecule has 0 radical (unpaired) electrons. The second-order valence-electron chi connectivity index (χ2n) is 3.03. The number of nitrogens with one attached hydrogen (secondary N) is 1. The molecule has 0 saturated heterocycles. The zero-order valence-electron chi connectivity index (χ0n) is 6.58. The van der Waals surface area contributed by atoms with Gasteiger partial charge in [-0.25, -0.2) is 4.79 Å². The number of rotatable bonds is 1. The normalized spacial score (nSPS) is 17.3. The van der Waals surface area contributed by atoms with Crippen molar-refractivity contribution < 1.29 is 0 Å². The van der Waals surface area contributed by atoms with Gasteiger partial charge in [0.25, 0.3) is 0 Å². The molecule has 5 heteroatoms. The Morgan fingerprint density at radius 1 is 1.42 bits per heavy atom. The van der Waals surface area contributed by atoms with Crippen LogP contribution in [-0.2, 0) is 0 Å². The van der Waals surface area contributed by atoms with Crippen LogP contribution in [0.5, 0.6) is 0 Å². The summed E-state index contributed by atoms with van der Waals surface area (Å²) in [5.41, 5.74) is 4.94. The molecule has 1 fully saturated rings. The fourth-order valence-electron chi connectivity index (χ4n) is 1.29. The number of aromatic nitrogens is 3. The van der Waals surface area contributed by atoms with Crippen LogP contribution in [0, 0.1) is 0 Å². The molecular weight excluding hydrogens is 156 g/mol. The van der Waals surface area contributed by atoms with E-state index in [1.807, 2.05) is 0 Å². The van der Waals surface area contributed by atoms with Crippen LogP contribution in [0.4, 0.5) is 5.95 Å². The van der Waals surface area contributed by atoms with Crippen molar-refractivity contribution in [2.24, 2.45) is 0 Å². The van der Waals surface area contributed by atoms with Crippen LogP contribution in [0.25, 0.3) is 0 Å². The highest BCUT2D eigenvalue weighted by Crippen LogP contribution is 2.33. The highest BCUT2D eigenvalue weighted by molar-refractivity contribution is 5.15. The van der Waals surface area contributed by atoms with Gasteiger partial charge in [0.15, 0.2) is 0 Å². The third kappa shape index (κ3) is 1.17. The Morgan fingerprint density at radius 2 is 2.17 bits per heavy atom. The predicted molar refractivity (Wildman–Crippen MR) is 43.7 cm³/mol. The predicted octanol–water partition coefficient (Wildman–Crippen LogP) is 0.0146. The van der Waals surface area contributed by atoms with Gasteiger partial charge in [0, 0.05) is 5.92 Å². The third-order valence-corrected chi connectivity index (χ3v) is 2.18. The summed E-state index contributed by atoms with van der Waals surface area (Å²) in [6, 6.07) is 0. The number of hydrogen-bond acceptors (Lipinski definition) is 4. The minimum atomic E-state index is -0.399. The summed E-state index contributed by atoms with van der Waals surface area (Å²) >= 11 is 0. The zero-order chi connectivity index (χ0) is 8.55. The first-order valence-corrected chi connectivity index (χ1v) is 3.99. The standard InChI is InChI=1S/C7H10N4O/c8-6-9-5(4-2-1-3-4)10-7(12)11-6/h4H,1-3H2,(H3,8,9,10,11,12). The molecule has 0 bridgehead atoms. The second-order valence-corrected chi connectivity index (χ2v) is 3.03. The van der Waals surface area contributed by atoms with E-state index >= 15 is 0 Å². The summed E-state index contributed by atoms with van der Waals surface area (Å²) in [4.78, 5) is 20.9. The molecule has 3 N–H and O–H groups in total. The van der Waals surface area contributed by atoms with Gasteiger partial charge < -0.3 is 5.73 Å². The number of H-pyrrole nitrogens is 1. The van der Waals surface area contributed by atoms with Gasteiger partial charge in [-0.2, -0.15) is 9.97 Å². The molecule has 0 unspecified atom stereocenters. The van der Waals surface area contributed by atoms with E-state index in [1.54, 1.807) is 0 Å². The largest absolute Gasteiger partial charge is 0.368 e. The number of aromatic amines is 1. The van der Waals surface area contributed by atoms with Crippen molar-refractivity contribution in [2.45, 2.75) is 25.2 Å². The smallest absolute Gasteiger partial charge is 0.349 e. The molecule has 1 aliphatic carbocycles. The number of hydrogen-bond donors (Lipinski definition) is 2. The van der Waals surface area contributed by atoms with Crippen molar-refractivity contribution in [1.29, 1.82) is 0 Å². The van der Waals surface area contributed by atoms with Crippen molar-refractivity contribution >= 4 is 5.95 Å². The first-order valence-electron chi connectivity index (χ1n) is 3.99. The molecule has 0 atom stereocenters. The van der Waals surface area contributed by atoms with Crippen molar-refractivity contribution in [3.05, 3.63) is 16.3 Å². The molecule has 0 aromatic carbocycles. The molecule has 5 nitrogen and oxygen atoms in total. The molecule has 2 rings (SSSR count). The Morgan fingerprint density at radius 3 is 2.67 bits per heavy atom. The quantitative estimate of drug-likeness (QED) is 0.615. The van der Waals surface area contributed by atoms with E-state index in [0.717, 1.165) is 12.8 Å². The SMILES string of the molecule is Nc1nc(C2CCC2)[nH]c(=O)n1. The van der Waals surface area contributed by atoms with Crippen molar-refractivity contribution in [1.82, 2.24) is 15.0 Å². The molecule has 12 heavy (non-hydrogen) atoms. The minimum absolute atomic E-state index is 0.0700. The molecule has 1 heterocycles. The summed E-state index contributed by atoms with van der Waals surface area (Å²) in [6.45, 7) is 0. The van der Waals surface area contributed by atoms with E-state index in [0.29, 0.717) is 11.7 Å². The number of nitrogens with zero attached hydrogens (tertiary/aromatic N) is 2. The Balaban J connectivity index is 2.36. The van der Waals surface area contributed by atoms with Gasteiger partial charge in [-0.1, -0.05) is 6.42 Å². The Labute approximate surface area is 69.0 Å². The monoisotopic (exact) mass is 166 g/mol. The lowest BCUT2D eigenvalue weighted by Crippen LogP contribution is -2.22. The van der Waals surface area contributed by atoms with Gasteiger partial charge in [-0.15, -0.1) is 0 Å². The van der Waals surface area contributed by atoms with E-state index in [2.05, 4.69) is 15.0 Å². The lowest BCUT2D eigenvalue weighted by atomic mass is 9.85. The van der Waals surface area contributed by atoms with Gasteiger partial charge in [0.1, 0.15) is 5.82 Å². The topological polar surface area (TPSA) is 84.7 Å². The van der Waals surface area contributed by atoms with Gasteiger partial charge in [-0.3, -0.25) is 4.98 Å². The fourth-order valence-corrected chi connectivity index (χ4v) is 1.29. The molecule has 0 aliphatic heterocycles. The highest BCUT2D eigenvalue weighted by atomic mass is 16.1. The van der Waals surface area contributed by atoms with Gasteiger partial charge in [0.2, 0.25) is 5.95 Å². The first-order chi connectivity index (χ1) is 5.75. The third-order valence-electron chi connectivity index (χ3n) is 2.18. The van der Waals surface area contributed by atoms with Crippen LogP contribution in [0.3, 0.4) is 0 Å². The van der Waals surface area contributed by atoms with Gasteiger partial charge in [-0.05, 0) is 12.8 Å². The molecule has 1 saturated carbocycles. The van der Waals surface area contributed by atoms with Crippen LogP contribution in [0.2, 0.25) is 0 Å². The molecular formula is C7H10N4O. The molecule has 1 aromatic rings. The molecule has 0 spiro atoms. The van der Waals surface area contributed by atoms with E-state index in [9.17, 15) is 4.79 Å². The molecule has 1 aromatic heterocycles. The zero-order valence-corrected chi connectivity index (χ0v) is 6.58. The van der Waals surface area contributed by atoms with Crippen LogP contribution in [-0.4, -0.2) is 15.0 Å². The molecule has 0 amide bonds. The second kappa shape index (κ2) is 2.58. The average molecular weight is 166 g/mol. The maximum Gasteiger partial charge on any atom is 0.349 e. The van der Waals surface area contributed by atoms with Crippen molar-refractivity contribution in [3.63, 3.8) is 0 Å². The minimum Gasteiger partial charge on any atom is -0.368 e. The summed E-state index contributed by atoms with van der Waals surface area (Å²) < 4.78 is 0. The van der Waals surface area contributed by atoms with E-state index in [-0.39, 0.29) is 5.95 Å². The molecule has 1 aliphatic rings. The summed E-state index contributed by atoms with van der Waals surface area (Å²) in [6.07, 6.45) is 3.38. The van der Waals surface area contributed by atoms with E-state index in [4.69, 9.17) is 5.73 Å². The lowest BCUT2D eigenvalue weighted by Gasteiger charge is -2.23. The molecule has 64 valence electrons. The highest BCUT2D eigenvalue weighted by Gasteiger charge is 2.22. The van der Waals surface area contributed by atoms with Gasteiger partial charge in [0.05, 0.1) is 0 Å². The Kier molecular flexibility index (Phi) is 1.56. The summed E-state index contributed by atoms with van der Waals surface area (Å²) in [7, 11) is 0. The Hall–Kier alpha value is -1.39.